The van der Waals surface area contributed by atoms with Gasteiger partial charge in [-0.25, -0.2) is 4.98 Å². The van der Waals surface area contributed by atoms with E-state index in [4.69, 9.17) is 9.72 Å². The second kappa shape index (κ2) is 5.72. The number of aromatic amines is 1. The zero-order valence-corrected chi connectivity index (χ0v) is 12.6. The van der Waals surface area contributed by atoms with Gasteiger partial charge in [0.1, 0.15) is 5.82 Å². The molecule has 2 atom stereocenters. The highest BCUT2D eigenvalue weighted by atomic mass is 16.5. The first-order valence-electron chi connectivity index (χ1n) is 8.12. The summed E-state index contributed by atoms with van der Waals surface area (Å²) >= 11 is 0. The number of ether oxygens (including phenoxy) is 1. The summed E-state index contributed by atoms with van der Waals surface area (Å²) in [6.45, 7) is 2.95. The fraction of sp³-hybridized carbons (Fsp3) is 0.529. The fourth-order valence-corrected chi connectivity index (χ4v) is 3.55. The highest BCUT2D eigenvalue weighted by Crippen LogP contribution is 2.28. The first-order chi connectivity index (χ1) is 10.8. The molecule has 2 aliphatic rings. The molecule has 22 heavy (non-hydrogen) atoms. The van der Waals surface area contributed by atoms with Gasteiger partial charge in [0, 0.05) is 25.6 Å². The number of benzene rings is 1. The predicted molar refractivity (Wildman–Crippen MR) is 83.6 cm³/mol. The van der Waals surface area contributed by atoms with Gasteiger partial charge >= 0.3 is 0 Å². The molecule has 1 amide bonds. The number of rotatable bonds is 2. The molecule has 5 nitrogen and oxygen atoms in total. The Morgan fingerprint density at radius 3 is 3.05 bits per heavy atom. The monoisotopic (exact) mass is 299 g/mol. The standard InChI is InChI=1S/C17H21N3O2/c21-17(13-7-9-22-11-13)20-8-3-4-12(10-20)16-18-14-5-1-2-6-15(14)19-16/h1-2,5-6,12-13H,3-4,7-11H2,(H,18,19). The molecule has 2 saturated heterocycles. The van der Waals surface area contributed by atoms with Crippen LogP contribution in [0, 0.1) is 5.92 Å². The maximum atomic E-state index is 12.6. The average molecular weight is 299 g/mol. The van der Waals surface area contributed by atoms with Crippen LogP contribution >= 0.6 is 0 Å². The SMILES string of the molecule is O=C(C1CCOC1)N1CCCC(c2nc3ccccc3[nH]2)C1. The van der Waals surface area contributed by atoms with Gasteiger partial charge < -0.3 is 14.6 Å². The first-order valence-corrected chi connectivity index (χ1v) is 8.12. The third-order valence-corrected chi connectivity index (χ3v) is 4.81. The molecule has 0 bridgehead atoms. The van der Waals surface area contributed by atoms with Gasteiger partial charge in [0.25, 0.3) is 0 Å². The van der Waals surface area contributed by atoms with Gasteiger partial charge in [-0.15, -0.1) is 0 Å². The van der Waals surface area contributed by atoms with Gasteiger partial charge in [0.2, 0.25) is 5.91 Å². The number of hydrogen-bond donors (Lipinski definition) is 1. The molecule has 116 valence electrons. The summed E-state index contributed by atoms with van der Waals surface area (Å²) in [5.74, 6) is 1.65. The van der Waals surface area contributed by atoms with Crippen LogP contribution in [0.15, 0.2) is 24.3 Å². The van der Waals surface area contributed by atoms with Crippen LogP contribution < -0.4 is 0 Å². The summed E-state index contributed by atoms with van der Waals surface area (Å²) in [6, 6.07) is 8.09. The quantitative estimate of drug-likeness (QED) is 0.925. The fourth-order valence-electron chi connectivity index (χ4n) is 3.55. The molecule has 1 aromatic heterocycles. The minimum atomic E-state index is 0.0643. The smallest absolute Gasteiger partial charge is 0.228 e. The van der Waals surface area contributed by atoms with E-state index in [1.54, 1.807) is 0 Å². The van der Waals surface area contributed by atoms with Crippen LogP contribution in [-0.2, 0) is 9.53 Å². The number of nitrogens with zero attached hydrogens (tertiary/aromatic N) is 2. The van der Waals surface area contributed by atoms with Crippen molar-refractivity contribution in [2.75, 3.05) is 26.3 Å². The van der Waals surface area contributed by atoms with Gasteiger partial charge in [-0.3, -0.25) is 4.79 Å². The van der Waals surface area contributed by atoms with Crippen molar-refractivity contribution in [3.05, 3.63) is 30.1 Å². The van der Waals surface area contributed by atoms with Crippen molar-refractivity contribution in [1.82, 2.24) is 14.9 Å². The van der Waals surface area contributed by atoms with Crippen LogP contribution in [0.2, 0.25) is 0 Å². The van der Waals surface area contributed by atoms with E-state index in [-0.39, 0.29) is 11.8 Å². The summed E-state index contributed by atoms with van der Waals surface area (Å²) in [4.78, 5) is 22.7. The number of likely N-dealkylation sites (tertiary alicyclic amines) is 1. The van der Waals surface area contributed by atoms with E-state index in [9.17, 15) is 4.79 Å². The molecule has 0 radical (unpaired) electrons. The van der Waals surface area contributed by atoms with Crippen molar-refractivity contribution in [3.63, 3.8) is 0 Å². The van der Waals surface area contributed by atoms with Crippen LogP contribution in [0.25, 0.3) is 11.0 Å². The molecule has 4 rings (SSSR count). The number of para-hydroxylation sites is 2. The Kier molecular flexibility index (Phi) is 3.58. The van der Waals surface area contributed by atoms with Crippen molar-refractivity contribution in [2.24, 2.45) is 5.92 Å². The van der Waals surface area contributed by atoms with E-state index in [1.165, 1.54) is 0 Å². The first kappa shape index (κ1) is 13.8. The van der Waals surface area contributed by atoms with E-state index in [0.717, 1.165) is 55.8 Å². The van der Waals surface area contributed by atoms with Crippen LogP contribution in [-0.4, -0.2) is 47.1 Å². The summed E-state index contributed by atoms with van der Waals surface area (Å²) in [5.41, 5.74) is 2.08. The highest BCUT2D eigenvalue weighted by Gasteiger charge is 2.32. The van der Waals surface area contributed by atoms with Crippen LogP contribution in [0.1, 0.15) is 31.0 Å². The van der Waals surface area contributed by atoms with E-state index in [0.29, 0.717) is 12.5 Å². The molecule has 0 saturated carbocycles. The highest BCUT2D eigenvalue weighted by molar-refractivity contribution is 5.79. The third kappa shape index (κ3) is 2.50. The Balaban J connectivity index is 1.51. The van der Waals surface area contributed by atoms with Crippen molar-refractivity contribution >= 4 is 16.9 Å². The average Bonchev–Trinajstić information content (AvgIpc) is 3.23. The van der Waals surface area contributed by atoms with Crippen LogP contribution in [0.4, 0.5) is 0 Å². The summed E-state index contributed by atoms with van der Waals surface area (Å²) in [7, 11) is 0. The Morgan fingerprint density at radius 2 is 2.23 bits per heavy atom. The lowest BCUT2D eigenvalue weighted by Gasteiger charge is -2.33. The Bertz CT molecular complexity index is 642. The van der Waals surface area contributed by atoms with Crippen molar-refractivity contribution in [1.29, 1.82) is 0 Å². The maximum absolute atomic E-state index is 12.6. The zero-order valence-electron chi connectivity index (χ0n) is 12.6. The van der Waals surface area contributed by atoms with Crippen molar-refractivity contribution in [3.8, 4) is 0 Å². The molecule has 5 heteroatoms. The molecule has 1 aromatic carbocycles. The van der Waals surface area contributed by atoms with Gasteiger partial charge in [-0.05, 0) is 31.4 Å². The molecule has 0 aliphatic carbocycles. The Labute approximate surface area is 129 Å². The Morgan fingerprint density at radius 1 is 1.32 bits per heavy atom. The predicted octanol–water partition coefficient (Wildman–Crippen LogP) is 2.31. The Hall–Kier alpha value is -1.88. The van der Waals surface area contributed by atoms with E-state index >= 15 is 0 Å². The maximum Gasteiger partial charge on any atom is 0.228 e. The number of piperidine rings is 1. The molecular weight excluding hydrogens is 278 g/mol. The second-order valence-electron chi connectivity index (χ2n) is 6.32. The lowest BCUT2D eigenvalue weighted by atomic mass is 9.95. The minimum absolute atomic E-state index is 0.0643. The van der Waals surface area contributed by atoms with Crippen LogP contribution in [0.5, 0.6) is 0 Å². The molecule has 2 aromatic rings. The normalized spacial score (nSPS) is 25.7. The number of hydrogen-bond acceptors (Lipinski definition) is 3. The number of carbonyl (C=O) groups is 1. The number of imidazole rings is 1. The zero-order chi connectivity index (χ0) is 14.9. The molecule has 1 N–H and O–H groups in total. The van der Waals surface area contributed by atoms with Crippen molar-refractivity contribution < 1.29 is 9.53 Å². The van der Waals surface area contributed by atoms with E-state index < -0.39 is 0 Å². The molecule has 2 unspecified atom stereocenters. The second-order valence-corrected chi connectivity index (χ2v) is 6.32. The molecule has 2 aliphatic heterocycles. The summed E-state index contributed by atoms with van der Waals surface area (Å²) in [6.07, 6.45) is 3.00. The summed E-state index contributed by atoms with van der Waals surface area (Å²) < 4.78 is 5.35. The minimum Gasteiger partial charge on any atom is -0.381 e. The number of amides is 1. The largest absolute Gasteiger partial charge is 0.381 e. The molecule has 0 spiro atoms. The molecule has 2 fully saturated rings. The van der Waals surface area contributed by atoms with Crippen LogP contribution in [0.3, 0.4) is 0 Å². The summed E-state index contributed by atoms with van der Waals surface area (Å²) in [5, 5.41) is 0. The number of H-pyrrole nitrogens is 1. The number of carbonyl (C=O) groups excluding carboxylic acids is 1. The lowest BCUT2D eigenvalue weighted by Crippen LogP contribution is -2.42. The van der Waals surface area contributed by atoms with E-state index in [2.05, 4.69) is 4.98 Å². The van der Waals surface area contributed by atoms with Gasteiger partial charge in [-0.2, -0.15) is 0 Å². The number of nitrogens with one attached hydrogen (secondary N) is 1. The third-order valence-electron chi connectivity index (χ3n) is 4.81. The number of aromatic nitrogens is 2. The topological polar surface area (TPSA) is 58.2 Å². The van der Waals surface area contributed by atoms with Gasteiger partial charge in [0.05, 0.1) is 23.6 Å². The van der Waals surface area contributed by atoms with Crippen molar-refractivity contribution in [2.45, 2.75) is 25.2 Å². The number of fused-ring (bicyclic) bond motifs is 1. The molecular formula is C17H21N3O2. The van der Waals surface area contributed by atoms with E-state index in [1.807, 2.05) is 29.2 Å². The molecule has 3 heterocycles. The lowest BCUT2D eigenvalue weighted by molar-refractivity contribution is -0.136. The van der Waals surface area contributed by atoms with Gasteiger partial charge in [0.15, 0.2) is 0 Å². The van der Waals surface area contributed by atoms with Gasteiger partial charge in [-0.1, -0.05) is 12.1 Å².